The standard InChI is InChI=1S/C33H62N8O11/c1-27(42)34-19-7-3-14-26-41(52)33(48)37-22-10-6-13-25-40(51)32(47)18-16-30(45)36-21-9-5-12-24-39(50)31(46)17-15-29(44)35-20-8-4-11-23-38(49)28(2)43/h49-52H,3-26H2,1-2H3,(H,34,42)(H,35,44)(H,36,45)(H,37,48). The Morgan fingerprint density at radius 3 is 1.13 bits per heavy atom. The molecular weight excluding hydrogens is 684 g/mol. The summed E-state index contributed by atoms with van der Waals surface area (Å²) in [5.41, 5.74) is 0. The summed E-state index contributed by atoms with van der Waals surface area (Å²) in [6, 6.07) is -0.607. The van der Waals surface area contributed by atoms with Crippen molar-refractivity contribution in [3.63, 3.8) is 0 Å². The number of hydrogen-bond acceptors (Lipinski definition) is 11. The minimum absolute atomic E-state index is 0.0639. The minimum Gasteiger partial charge on any atom is -0.356 e. The lowest BCUT2D eigenvalue weighted by Gasteiger charge is -2.16. The zero-order valence-corrected chi connectivity index (χ0v) is 30.9. The van der Waals surface area contributed by atoms with Crippen LogP contribution in [0.1, 0.15) is 117 Å². The molecule has 0 aliphatic heterocycles. The molecule has 8 amide bonds. The summed E-state index contributed by atoms with van der Waals surface area (Å²) in [7, 11) is 0. The fraction of sp³-hybridized carbons (Fsp3) is 0.788. The van der Waals surface area contributed by atoms with Crippen molar-refractivity contribution in [2.75, 3.05) is 52.4 Å². The van der Waals surface area contributed by atoms with Gasteiger partial charge in [0, 0.05) is 85.3 Å². The van der Waals surface area contributed by atoms with Crippen molar-refractivity contribution in [3.05, 3.63) is 0 Å². The van der Waals surface area contributed by atoms with Crippen molar-refractivity contribution >= 4 is 41.5 Å². The van der Waals surface area contributed by atoms with Gasteiger partial charge in [0.1, 0.15) is 0 Å². The molecule has 0 rings (SSSR count). The fourth-order valence-corrected chi connectivity index (χ4v) is 4.64. The zero-order valence-electron chi connectivity index (χ0n) is 30.9. The average molecular weight is 747 g/mol. The molecule has 0 bridgehead atoms. The molecule has 0 radical (unpaired) electrons. The largest absolute Gasteiger partial charge is 0.356 e. The Hall–Kier alpha value is -4.07. The Labute approximate surface area is 306 Å². The van der Waals surface area contributed by atoms with Gasteiger partial charge in [0.25, 0.3) is 0 Å². The summed E-state index contributed by atoms with van der Waals surface area (Å²) in [5, 5.41) is 52.0. The van der Waals surface area contributed by atoms with Gasteiger partial charge in [-0.15, -0.1) is 0 Å². The smallest absolute Gasteiger partial charge is 0.341 e. The number of nitrogens with zero attached hydrogens (tertiary/aromatic N) is 4. The van der Waals surface area contributed by atoms with Gasteiger partial charge in [-0.05, 0) is 77.0 Å². The van der Waals surface area contributed by atoms with Gasteiger partial charge in [-0.2, -0.15) is 0 Å². The lowest BCUT2D eigenvalue weighted by molar-refractivity contribution is -0.166. The van der Waals surface area contributed by atoms with E-state index >= 15 is 0 Å². The molecule has 0 aliphatic rings. The molecule has 8 N–H and O–H groups in total. The fourth-order valence-electron chi connectivity index (χ4n) is 4.64. The van der Waals surface area contributed by atoms with Crippen LogP contribution in [0.2, 0.25) is 0 Å². The van der Waals surface area contributed by atoms with Gasteiger partial charge in [0.15, 0.2) is 0 Å². The number of carbonyl (C=O) groups is 7. The van der Waals surface area contributed by atoms with E-state index in [-0.39, 0.29) is 69.6 Å². The first kappa shape index (κ1) is 47.9. The maximum Gasteiger partial charge on any atom is 0.341 e. The molecule has 0 aromatic rings. The molecule has 0 aromatic carbocycles. The number of amides is 8. The third kappa shape index (κ3) is 27.6. The molecule has 0 spiro atoms. The van der Waals surface area contributed by atoms with E-state index < -0.39 is 23.8 Å². The number of hydroxylamine groups is 8. The number of nitrogens with one attached hydrogen (secondary N) is 4. The van der Waals surface area contributed by atoms with E-state index in [1.165, 1.54) is 13.8 Å². The van der Waals surface area contributed by atoms with Crippen LogP contribution >= 0.6 is 0 Å². The number of rotatable bonds is 30. The van der Waals surface area contributed by atoms with E-state index in [9.17, 15) is 54.4 Å². The van der Waals surface area contributed by atoms with Gasteiger partial charge < -0.3 is 21.3 Å². The molecule has 0 unspecified atom stereocenters. The van der Waals surface area contributed by atoms with E-state index in [1.54, 1.807) is 0 Å². The van der Waals surface area contributed by atoms with Crippen LogP contribution in [-0.4, -0.2) is 135 Å². The quantitative estimate of drug-likeness (QED) is 0.0298. The SMILES string of the molecule is CC(=O)NCCCCCN(O)C(=O)NCCCCCN(O)C(=O)CCC(=O)NCCCCCN(O)C(=O)CCC(=O)NCCCCCN(O)C(C)=O. The Morgan fingerprint density at radius 1 is 0.404 bits per heavy atom. The second-order valence-corrected chi connectivity index (χ2v) is 12.5. The lowest BCUT2D eigenvalue weighted by Crippen LogP contribution is -2.38. The lowest BCUT2D eigenvalue weighted by atomic mass is 10.2. The van der Waals surface area contributed by atoms with E-state index in [0.717, 1.165) is 12.8 Å². The number of urea groups is 1. The second kappa shape index (κ2) is 30.5. The minimum atomic E-state index is -0.607. The zero-order chi connectivity index (χ0) is 39.1. The van der Waals surface area contributed by atoms with E-state index in [1.807, 2.05) is 0 Å². The Kier molecular flexibility index (Phi) is 28.2. The van der Waals surface area contributed by atoms with Gasteiger partial charge in [0.2, 0.25) is 35.4 Å². The van der Waals surface area contributed by atoms with Crippen LogP contribution in [0, 0.1) is 0 Å². The molecule has 0 fully saturated rings. The monoisotopic (exact) mass is 746 g/mol. The average Bonchev–Trinajstić information content (AvgIpc) is 3.10. The topological polar surface area (TPSA) is 261 Å². The molecule has 0 aromatic heterocycles. The van der Waals surface area contributed by atoms with Gasteiger partial charge >= 0.3 is 6.03 Å². The molecule has 0 atom stereocenters. The summed E-state index contributed by atoms with van der Waals surface area (Å²) in [6.07, 6.45) is 6.91. The van der Waals surface area contributed by atoms with Gasteiger partial charge in [0.05, 0.1) is 6.54 Å². The van der Waals surface area contributed by atoms with Crippen molar-refractivity contribution in [3.8, 4) is 0 Å². The highest BCUT2D eigenvalue weighted by molar-refractivity contribution is 5.83. The molecule has 19 nitrogen and oxygen atoms in total. The Morgan fingerprint density at radius 2 is 0.750 bits per heavy atom. The van der Waals surface area contributed by atoms with Gasteiger partial charge in [-0.3, -0.25) is 49.6 Å². The molecule has 0 aliphatic carbocycles. The highest BCUT2D eigenvalue weighted by Crippen LogP contribution is 2.04. The third-order valence-corrected chi connectivity index (χ3v) is 7.79. The number of unbranched alkanes of at least 4 members (excludes halogenated alkanes) is 8. The van der Waals surface area contributed by atoms with E-state index in [0.29, 0.717) is 111 Å². The first-order valence-corrected chi connectivity index (χ1v) is 18.2. The molecule has 0 saturated heterocycles. The molecule has 0 saturated carbocycles. The highest BCUT2D eigenvalue weighted by atomic mass is 16.5. The van der Waals surface area contributed by atoms with E-state index in [2.05, 4.69) is 21.3 Å². The number of carbonyl (C=O) groups excluding carboxylic acids is 7. The van der Waals surface area contributed by atoms with Crippen LogP contribution in [-0.2, 0) is 28.8 Å². The molecule has 0 heterocycles. The van der Waals surface area contributed by atoms with Crippen LogP contribution in [0.25, 0.3) is 0 Å². The highest BCUT2D eigenvalue weighted by Gasteiger charge is 2.15. The van der Waals surface area contributed by atoms with Crippen LogP contribution in [0.4, 0.5) is 4.79 Å². The Bertz CT molecular complexity index is 1080. The first-order chi connectivity index (χ1) is 24.7. The van der Waals surface area contributed by atoms with Crippen molar-refractivity contribution < 1.29 is 54.4 Å². The Balaban J connectivity index is 3.80. The number of hydrogen-bond donors (Lipinski definition) is 8. The van der Waals surface area contributed by atoms with Crippen LogP contribution < -0.4 is 21.3 Å². The maximum absolute atomic E-state index is 12.1. The normalized spacial score (nSPS) is 10.6. The summed E-state index contributed by atoms with van der Waals surface area (Å²) in [6.45, 7) is 4.87. The summed E-state index contributed by atoms with van der Waals surface area (Å²) < 4.78 is 0. The summed E-state index contributed by atoms with van der Waals surface area (Å²) >= 11 is 0. The summed E-state index contributed by atoms with van der Waals surface area (Å²) in [4.78, 5) is 81.8. The molecular formula is C33H62N8O11. The van der Waals surface area contributed by atoms with Crippen molar-refractivity contribution in [1.29, 1.82) is 0 Å². The van der Waals surface area contributed by atoms with Crippen LogP contribution in [0.3, 0.4) is 0 Å². The van der Waals surface area contributed by atoms with Crippen LogP contribution in [0.15, 0.2) is 0 Å². The van der Waals surface area contributed by atoms with Crippen LogP contribution in [0.5, 0.6) is 0 Å². The maximum atomic E-state index is 12.1. The van der Waals surface area contributed by atoms with Gasteiger partial charge in [-0.25, -0.2) is 25.0 Å². The van der Waals surface area contributed by atoms with Crippen molar-refractivity contribution in [2.45, 2.75) is 117 Å². The van der Waals surface area contributed by atoms with Gasteiger partial charge in [-0.1, -0.05) is 0 Å². The predicted molar refractivity (Wildman–Crippen MR) is 187 cm³/mol. The first-order valence-electron chi connectivity index (χ1n) is 18.2. The second-order valence-electron chi connectivity index (χ2n) is 12.5. The van der Waals surface area contributed by atoms with Crippen molar-refractivity contribution in [2.24, 2.45) is 0 Å². The van der Waals surface area contributed by atoms with Crippen molar-refractivity contribution in [1.82, 2.24) is 41.5 Å². The predicted octanol–water partition coefficient (Wildman–Crippen LogP) is 1.67. The molecule has 19 heteroatoms. The molecule has 52 heavy (non-hydrogen) atoms. The third-order valence-electron chi connectivity index (χ3n) is 7.79. The molecule has 300 valence electrons. The summed E-state index contributed by atoms with van der Waals surface area (Å²) in [5.74, 6) is -2.34. The van der Waals surface area contributed by atoms with E-state index in [4.69, 9.17) is 0 Å².